The Bertz CT molecular complexity index is 354. The van der Waals surface area contributed by atoms with Gasteiger partial charge in [0.05, 0.1) is 11.2 Å². The van der Waals surface area contributed by atoms with Crippen molar-refractivity contribution in [3.05, 3.63) is 0 Å². The number of thioether (sulfide) groups is 1. The van der Waals surface area contributed by atoms with E-state index in [1.807, 2.05) is 11.8 Å². The Morgan fingerprint density at radius 1 is 1.21 bits per heavy atom. The molecule has 0 amide bonds. The highest BCUT2D eigenvalue weighted by atomic mass is 32.2. The van der Waals surface area contributed by atoms with Gasteiger partial charge in [0.2, 0.25) is 0 Å². The van der Waals surface area contributed by atoms with Crippen molar-refractivity contribution in [2.75, 3.05) is 31.2 Å². The summed E-state index contributed by atoms with van der Waals surface area (Å²) in [5, 5.41) is 11.1. The second kappa shape index (κ2) is 4.62. The third-order valence-corrected chi connectivity index (χ3v) is 6.92. The minimum Gasteiger partial charge on any atom is -0.388 e. The molecule has 1 spiro atoms. The molecule has 19 heavy (non-hydrogen) atoms. The summed E-state index contributed by atoms with van der Waals surface area (Å²) in [6.07, 6.45) is 7.03. The van der Waals surface area contributed by atoms with E-state index in [1.165, 1.54) is 25.0 Å². The second-order valence-corrected chi connectivity index (χ2v) is 8.18. The molecular weight excluding hydrogens is 258 g/mol. The van der Waals surface area contributed by atoms with E-state index in [4.69, 9.17) is 4.74 Å². The molecule has 0 radical (unpaired) electrons. The first-order chi connectivity index (χ1) is 9.19. The van der Waals surface area contributed by atoms with Crippen molar-refractivity contribution in [2.24, 2.45) is 5.92 Å². The summed E-state index contributed by atoms with van der Waals surface area (Å²) >= 11 is 2.02. The maximum Gasteiger partial charge on any atom is 0.0816 e. The highest BCUT2D eigenvalue weighted by Gasteiger charge is 2.51. The summed E-state index contributed by atoms with van der Waals surface area (Å²) in [5.41, 5.74) is -0.317. The van der Waals surface area contributed by atoms with Crippen molar-refractivity contribution in [1.29, 1.82) is 0 Å². The van der Waals surface area contributed by atoms with Gasteiger partial charge in [-0.1, -0.05) is 0 Å². The van der Waals surface area contributed by atoms with Crippen LogP contribution in [0.4, 0.5) is 0 Å². The first kappa shape index (κ1) is 12.9. The quantitative estimate of drug-likeness (QED) is 0.839. The highest BCUT2D eigenvalue weighted by Crippen LogP contribution is 2.46. The summed E-state index contributed by atoms with van der Waals surface area (Å²) in [4.78, 5) is 2.53. The molecule has 3 nitrogen and oxygen atoms in total. The van der Waals surface area contributed by atoms with Crippen LogP contribution >= 0.6 is 11.8 Å². The van der Waals surface area contributed by atoms with Gasteiger partial charge in [0, 0.05) is 31.5 Å². The topological polar surface area (TPSA) is 32.7 Å². The van der Waals surface area contributed by atoms with Crippen LogP contribution in [-0.4, -0.2) is 58.5 Å². The lowest BCUT2D eigenvalue weighted by molar-refractivity contribution is -0.128. The maximum absolute atomic E-state index is 11.1. The van der Waals surface area contributed by atoms with Crippen molar-refractivity contribution < 1.29 is 9.84 Å². The average Bonchev–Trinajstić information content (AvgIpc) is 3.06. The molecule has 3 saturated heterocycles. The van der Waals surface area contributed by atoms with E-state index in [0.717, 1.165) is 50.8 Å². The first-order valence-electron chi connectivity index (χ1n) is 7.87. The predicted molar refractivity (Wildman–Crippen MR) is 77.5 cm³/mol. The normalized spacial score (nSPS) is 48.2. The van der Waals surface area contributed by atoms with Crippen LogP contribution in [0.5, 0.6) is 0 Å². The lowest BCUT2D eigenvalue weighted by Gasteiger charge is -2.43. The van der Waals surface area contributed by atoms with E-state index in [9.17, 15) is 5.11 Å². The van der Waals surface area contributed by atoms with E-state index in [-0.39, 0.29) is 5.60 Å². The molecular formula is C15H25NO2S. The molecule has 4 heteroatoms. The molecule has 0 aromatic rings. The van der Waals surface area contributed by atoms with Crippen molar-refractivity contribution in [1.82, 2.24) is 4.90 Å². The largest absolute Gasteiger partial charge is 0.388 e. The average molecular weight is 283 g/mol. The van der Waals surface area contributed by atoms with Gasteiger partial charge in [-0.05, 0) is 50.2 Å². The number of likely N-dealkylation sites (tertiary alicyclic amines) is 1. The van der Waals surface area contributed by atoms with Crippen LogP contribution in [0.25, 0.3) is 0 Å². The Morgan fingerprint density at radius 2 is 2.11 bits per heavy atom. The summed E-state index contributed by atoms with van der Waals surface area (Å²) in [5.74, 6) is 2.84. The van der Waals surface area contributed by atoms with Gasteiger partial charge in [-0.25, -0.2) is 0 Å². The van der Waals surface area contributed by atoms with Crippen molar-refractivity contribution in [3.63, 3.8) is 0 Å². The molecule has 1 aliphatic carbocycles. The molecule has 3 aliphatic heterocycles. The van der Waals surface area contributed by atoms with Gasteiger partial charge in [-0.15, -0.1) is 0 Å². The summed E-state index contributed by atoms with van der Waals surface area (Å²) < 4.78 is 6.10. The van der Waals surface area contributed by atoms with E-state index < -0.39 is 5.60 Å². The number of rotatable bonds is 2. The predicted octanol–water partition coefficient (Wildman–Crippen LogP) is 1.89. The molecule has 3 heterocycles. The molecule has 3 unspecified atom stereocenters. The zero-order chi connectivity index (χ0) is 12.9. The summed E-state index contributed by atoms with van der Waals surface area (Å²) in [7, 11) is 0. The van der Waals surface area contributed by atoms with Crippen LogP contribution in [-0.2, 0) is 4.74 Å². The monoisotopic (exact) mass is 283 g/mol. The minimum absolute atomic E-state index is 0.107. The Morgan fingerprint density at radius 3 is 2.84 bits per heavy atom. The number of aliphatic hydroxyl groups is 1. The molecule has 0 bridgehead atoms. The van der Waals surface area contributed by atoms with Crippen molar-refractivity contribution >= 4 is 11.8 Å². The lowest BCUT2D eigenvalue weighted by atomic mass is 9.75. The number of β-amino-alcohol motifs (C(OH)–C–C–N with tert-alkyl or cyclic N) is 1. The zero-order valence-electron chi connectivity index (χ0n) is 11.6. The smallest absolute Gasteiger partial charge is 0.0816 e. The van der Waals surface area contributed by atoms with Gasteiger partial charge in [-0.3, -0.25) is 4.90 Å². The maximum atomic E-state index is 11.1. The van der Waals surface area contributed by atoms with E-state index in [1.54, 1.807) is 0 Å². The van der Waals surface area contributed by atoms with Crippen LogP contribution in [0.2, 0.25) is 0 Å². The van der Waals surface area contributed by atoms with Gasteiger partial charge in [0.25, 0.3) is 0 Å². The molecule has 0 aromatic carbocycles. The van der Waals surface area contributed by atoms with Crippen LogP contribution < -0.4 is 0 Å². The van der Waals surface area contributed by atoms with E-state index >= 15 is 0 Å². The Kier molecular flexibility index (Phi) is 3.14. The molecule has 108 valence electrons. The molecule has 4 aliphatic rings. The minimum atomic E-state index is -0.424. The van der Waals surface area contributed by atoms with Crippen LogP contribution in [0.1, 0.15) is 38.5 Å². The van der Waals surface area contributed by atoms with Crippen molar-refractivity contribution in [2.45, 2.75) is 55.8 Å². The molecule has 3 atom stereocenters. The number of nitrogens with zero attached hydrogens (tertiary/aromatic N) is 1. The summed E-state index contributed by atoms with van der Waals surface area (Å²) in [6, 6.07) is 0.796. The first-order valence-corrected chi connectivity index (χ1v) is 9.03. The fourth-order valence-corrected chi connectivity index (χ4v) is 5.66. The third kappa shape index (κ3) is 2.35. The van der Waals surface area contributed by atoms with Crippen LogP contribution in [0, 0.1) is 5.92 Å². The molecule has 1 saturated carbocycles. The molecule has 1 N–H and O–H groups in total. The number of ether oxygens (including phenoxy) is 1. The molecule has 4 rings (SSSR count). The van der Waals surface area contributed by atoms with E-state index in [2.05, 4.69) is 4.90 Å². The fraction of sp³-hybridized carbons (Fsp3) is 1.00. The van der Waals surface area contributed by atoms with Gasteiger partial charge >= 0.3 is 0 Å². The molecule has 0 aromatic heterocycles. The van der Waals surface area contributed by atoms with Gasteiger partial charge in [0.15, 0.2) is 0 Å². The van der Waals surface area contributed by atoms with Gasteiger partial charge < -0.3 is 9.84 Å². The lowest BCUT2D eigenvalue weighted by Crippen LogP contribution is -2.50. The number of hydrogen-bond acceptors (Lipinski definition) is 4. The Hall–Kier alpha value is 0.230. The zero-order valence-corrected chi connectivity index (χ0v) is 12.5. The number of hydrogen-bond donors (Lipinski definition) is 1. The molecule has 4 fully saturated rings. The standard InChI is InChI=1S/C15H25NO2S/c17-15(4-6-16(10-15)13-1-2-13)12-3-7-18-14(9-12)5-8-19-11-14/h12-13,17H,1-11H2. The fourth-order valence-electron chi connectivity index (χ4n) is 4.28. The highest BCUT2D eigenvalue weighted by molar-refractivity contribution is 7.99. The van der Waals surface area contributed by atoms with Crippen LogP contribution in [0.3, 0.4) is 0 Å². The Labute approximate surface area is 120 Å². The van der Waals surface area contributed by atoms with Crippen LogP contribution in [0.15, 0.2) is 0 Å². The van der Waals surface area contributed by atoms with Crippen molar-refractivity contribution in [3.8, 4) is 0 Å². The second-order valence-electron chi connectivity index (χ2n) is 7.08. The Balaban J connectivity index is 1.45. The summed E-state index contributed by atoms with van der Waals surface area (Å²) in [6.45, 7) is 2.89. The van der Waals surface area contributed by atoms with Gasteiger partial charge in [0.1, 0.15) is 0 Å². The SMILES string of the molecule is OC1(C2CCOC3(CCSC3)C2)CCN(C2CC2)C1. The van der Waals surface area contributed by atoms with E-state index in [0.29, 0.717) is 5.92 Å². The van der Waals surface area contributed by atoms with Gasteiger partial charge in [-0.2, -0.15) is 11.8 Å². The third-order valence-electron chi connectivity index (χ3n) is 5.69.